The van der Waals surface area contributed by atoms with Gasteiger partial charge < -0.3 is 15.3 Å². The van der Waals surface area contributed by atoms with Crippen molar-refractivity contribution in [3.8, 4) is 0 Å². The molecule has 0 aliphatic carbocycles. The minimum atomic E-state index is 0.0702. The number of aliphatic hydroxyl groups excluding tert-OH is 1. The maximum absolute atomic E-state index is 9.20. The van der Waals surface area contributed by atoms with Crippen LogP contribution in [0.4, 0.5) is 5.69 Å². The van der Waals surface area contributed by atoms with Gasteiger partial charge in [-0.25, -0.2) is 0 Å². The van der Waals surface area contributed by atoms with Crippen LogP contribution in [0.5, 0.6) is 0 Å². The molecule has 3 nitrogen and oxygen atoms in total. The zero-order valence-electron chi connectivity index (χ0n) is 11.3. The number of hydrogen-bond acceptors (Lipinski definition) is 2. The highest BCUT2D eigenvalue weighted by Crippen LogP contribution is 2.25. The summed E-state index contributed by atoms with van der Waals surface area (Å²) in [5.41, 5.74) is 4.35. The van der Waals surface area contributed by atoms with Crippen LogP contribution in [-0.4, -0.2) is 15.1 Å². The first-order valence-corrected chi connectivity index (χ1v) is 7.47. The van der Waals surface area contributed by atoms with Crippen molar-refractivity contribution in [1.29, 1.82) is 0 Å². The second kappa shape index (κ2) is 6.02. The predicted molar refractivity (Wildman–Crippen MR) is 89.3 cm³/mol. The molecule has 0 bridgehead atoms. The van der Waals surface area contributed by atoms with E-state index in [-0.39, 0.29) is 6.61 Å². The van der Waals surface area contributed by atoms with Gasteiger partial charge in [-0.05, 0) is 53.2 Å². The topological polar surface area (TPSA) is 35.5 Å². The van der Waals surface area contributed by atoms with Crippen LogP contribution >= 0.6 is 23.8 Å². The molecule has 0 fully saturated rings. The second-order valence-corrected chi connectivity index (χ2v) is 5.88. The van der Waals surface area contributed by atoms with Crippen LogP contribution in [0.25, 0.3) is 0 Å². The number of halogens is 1. The number of fused-ring (bicyclic) bond motifs is 1. The molecule has 0 aromatic heterocycles. The average molecular weight is 319 g/mol. The van der Waals surface area contributed by atoms with Gasteiger partial charge in [0.1, 0.15) is 0 Å². The van der Waals surface area contributed by atoms with E-state index in [9.17, 15) is 5.11 Å². The normalized spacial score (nSPS) is 13.1. The molecule has 1 heterocycles. The van der Waals surface area contributed by atoms with E-state index in [1.807, 2.05) is 36.4 Å². The number of benzene rings is 2. The summed E-state index contributed by atoms with van der Waals surface area (Å²) in [7, 11) is 0. The van der Waals surface area contributed by atoms with E-state index in [1.165, 1.54) is 11.1 Å². The summed E-state index contributed by atoms with van der Waals surface area (Å²) >= 11 is 11.3. The number of anilines is 1. The molecule has 2 aromatic carbocycles. The summed E-state index contributed by atoms with van der Waals surface area (Å²) in [6.07, 6.45) is 0. The van der Waals surface area contributed by atoms with Gasteiger partial charge in [0, 0.05) is 23.8 Å². The van der Waals surface area contributed by atoms with Gasteiger partial charge in [-0.2, -0.15) is 0 Å². The van der Waals surface area contributed by atoms with Gasteiger partial charge in [0.15, 0.2) is 5.11 Å². The van der Waals surface area contributed by atoms with E-state index in [0.717, 1.165) is 24.3 Å². The Labute approximate surface area is 134 Å². The number of aliphatic hydroxyl groups is 1. The first-order valence-electron chi connectivity index (χ1n) is 6.69. The molecule has 0 unspecified atom stereocenters. The van der Waals surface area contributed by atoms with E-state index in [1.54, 1.807) is 0 Å². The third-order valence-electron chi connectivity index (χ3n) is 3.56. The number of nitrogens with zero attached hydrogens (tertiary/aromatic N) is 1. The maximum atomic E-state index is 9.20. The van der Waals surface area contributed by atoms with Gasteiger partial charge in [-0.15, -0.1) is 0 Å². The molecule has 1 aliphatic rings. The molecule has 108 valence electrons. The summed E-state index contributed by atoms with van der Waals surface area (Å²) in [5, 5.41) is 13.8. The van der Waals surface area contributed by atoms with Crippen LogP contribution in [0.3, 0.4) is 0 Å². The summed E-state index contributed by atoms with van der Waals surface area (Å²) in [5.74, 6) is 0. The number of nitrogens with one attached hydrogen (secondary N) is 1. The fourth-order valence-electron chi connectivity index (χ4n) is 2.43. The highest BCUT2D eigenvalue weighted by atomic mass is 35.5. The quantitative estimate of drug-likeness (QED) is 0.830. The summed E-state index contributed by atoms with van der Waals surface area (Å²) in [4.78, 5) is 2.11. The highest BCUT2D eigenvalue weighted by molar-refractivity contribution is 7.80. The lowest BCUT2D eigenvalue weighted by Gasteiger charge is -2.19. The van der Waals surface area contributed by atoms with Crippen LogP contribution in [0.1, 0.15) is 16.7 Å². The molecule has 1 aliphatic heterocycles. The maximum Gasteiger partial charge on any atom is 0.174 e. The highest BCUT2D eigenvalue weighted by Gasteiger charge is 2.21. The Morgan fingerprint density at radius 2 is 1.86 bits per heavy atom. The molecule has 0 radical (unpaired) electrons. The Morgan fingerprint density at radius 3 is 2.57 bits per heavy atom. The third kappa shape index (κ3) is 3.18. The van der Waals surface area contributed by atoms with Crippen molar-refractivity contribution in [2.24, 2.45) is 0 Å². The van der Waals surface area contributed by atoms with Crippen molar-refractivity contribution in [3.05, 3.63) is 64.2 Å². The van der Waals surface area contributed by atoms with Crippen molar-refractivity contribution in [3.63, 3.8) is 0 Å². The molecule has 0 amide bonds. The van der Waals surface area contributed by atoms with Gasteiger partial charge in [0.05, 0.1) is 6.61 Å². The fourth-order valence-corrected chi connectivity index (χ4v) is 2.80. The molecule has 0 saturated heterocycles. The van der Waals surface area contributed by atoms with Gasteiger partial charge in [-0.1, -0.05) is 29.8 Å². The molecule has 2 aromatic rings. The lowest BCUT2D eigenvalue weighted by molar-refractivity contribution is 0.281. The molecule has 0 spiro atoms. The minimum Gasteiger partial charge on any atom is -0.392 e. The Kier molecular flexibility index (Phi) is 4.10. The Morgan fingerprint density at radius 1 is 1.14 bits per heavy atom. The largest absolute Gasteiger partial charge is 0.392 e. The lowest BCUT2D eigenvalue weighted by atomic mass is 10.1. The lowest BCUT2D eigenvalue weighted by Crippen LogP contribution is -2.29. The Bertz CT molecular complexity index is 672. The van der Waals surface area contributed by atoms with Crippen molar-refractivity contribution < 1.29 is 5.11 Å². The zero-order valence-corrected chi connectivity index (χ0v) is 12.9. The molecular weight excluding hydrogens is 304 g/mol. The third-order valence-corrected chi connectivity index (χ3v) is 4.17. The number of rotatable bonds is 2. The standard InChI is InChI=1S/C16H15ClN2OS/c17-14-3-5-15(6-4-14)18-16(21)19-8-12-2-1-11(10-20)7-13(12)9-19/h1-7,20H,8-10H2,(H,18,21). The number of thiocarbonyl (C=S) groups is 1. The molecule has 3 rings (SSSR count). The molecular formula is C16H15ClN2OS. The molecule has 0 saturated carbocycles. The SMILES string of the molecule is OCc1ccc2c(c1)CN(C(=S)Nc1ccc(Cl)cc1)C2. The van der Waals surface area contributed by atoms with Gasteiger partial charge in [-0.3, -0.25) is 0 Å². The first kappa shape index (κ1) is 14.3. The zero-order chi connectivity index (χ0) is 14.8. The monoisotopic (exact) mass is 318 g/mol. The molecule has 2 N–H and O–H groups in total. The van der Waals surface area contributed by atoms with Crippen LogP contribution in [0.15, 0.2) is 42.5 Å². The van der Waals surface area contributed by atoms with Crippen LogP contribution < -0.4 is 5.32 Å². The van der Waals surface area contributed by atoms with E-state index >= 15 is 0 Å². The van der Waals surface area contributed by atoms with Crippen molar-refractivity contribution in [2.45, 2.75) is 19.7 Å². The molecule has 21 heavy (non-hydrogen) atoms. The second-order valence-electron chi connectivity index (χ2n) is 5.05. The molecule has 0 atom stereocenters. The minimum absolute atomic E-state index is 0.0702. The smallest absolute Gasteiger partial charge is 0.174 e. The van der Waals surface area contributed by atoms with E-state index in [0.29, 0.717) is 10.1 Å². The van der Waals surface area contributed by atoms with Gasteiger partial charge >= 0.3 is 0 Å². The Balaban J connectivity index is 1.69. The fraction of sp³-hybridized carbons (Fsp3) is 0.188. The van der Waals surface area contributed by atoms with Crippen molar-refractivity contribution in [2.75, 3.05) is 5.32 Å². The average Bonchev–Trinajstić information content (AvgIpc) is 2.92. The number of hydrogen-bond donors (Lipinski definition) is 2. The van der Waals surface area contributed by atoms with Gasteiger partial charge in [0.2, 0.25) is 0 Å². The van der Waals surface area contributed by atoms with E-state index in [2.05, 4.69) is 16.3 Å². The summed E-state index contributed by atoms with van der Waals surface area (Å²) in [6, 6.07) is 13.5. The van der Waals surface area contributed by atoms with E-state index < -0.39 is 0 Å². The first-order chi connectivity index (χ1) is 10.2. The van der Waals surface area contributed by atoms with Crippen LogP contribution in [0.2, 0.25) is 5.02 Å². The van der Waals surface area contributed by atoms with Gasteiger partial charge in [0.25, 0.3) is 0 Å². The summed E-state index contributed by atoms with van der Waals surface area (Å²) < 4.78 is 0. The van der Waals surface area contributed by atoms with Crippen molar-refractivity contribution >= 4 is 34.6 Å². The van der Waals surface area contributed by atoms with Crippen LogP contribution in [0, 0.1) is 0 Å². The van der Waals surface area contributed by atoms with Crippen LogP contribution in [-0.2, 0) is 19.7 Å². The summed E-state index contributed by atoms with van der Waals surface area (Å²) in [6.45, 7) is 1.63. The van der Waals surface area contributed by atoms with E-state index in [4.69, 9.17) is 23.8 Å². The van der Waals surface area contributed by atoms with Crippen molar-refractivity contribution in [1.82, 2.24) is 4.90 Å². The predicted octanol–water partition coefficient (Wildman–Crippen LogP) is 3.54. The molecule has 5 heteroatoms. The Hall–Kier alpha value is -1.62.